The Morgan fingerprint density at radius 2 is 2.12 bits per heavy atom. The first-order chi connectivity index (χ1) is 16.0. The van der Waals surface area contributed by atoms with Crippen LogP contribution in [0.3, 0.4) is 0 Å². The van der Waals surface area contributed by atoms with Crippen LogP contribution in [-0.4, -0.2) is 53.8 Å². The molecule has 1 unspecified atom stereocenters. The van der Waals surface area contributed by atoms with Gasteiger partial charge in [-0.25, -0.2) is 18.4 Å². The lowest BCUT2D eigenvalue weighted by Gasteiger charge is -2.24. The van der Waals surface area contributed by atoms with Gasteiger partial charge in [0.15, 0.2) is 0 Å². The number of halogens is 1. The van der Waals surface area contributed by atoms with Crippen molar-refractivity contribution < 1.29 is 32.3 Å². The van der Waals surface area contributed by atoms with Crippen LogP contribution in [0.4, 0.5) is 5.69 Å². The molecular formula is C21H24ClN3O7S2. The number of anilines is 1. The molecule has 2 aromatic rings. The van der Waals surface area contributed by atoms with Crippen molar-refractivity contribution in [3.63, 3.8) is 0 Å². The molecule has 2 atom stereocenters. The van der Waals surface area contributed by atoms with Gasteiger partial charge in [-0.15, -0.1) is 0 Å². The Bertz CT molecular complexity index is 1190. The maximum atomic E-state index is 13.0. The molecule has 0 saturated carbocycles. The molecular weight excluding hydrogens is 506 g/mol. The lowest BCUT2D eigenvalue weighted by atomic mass is 10.1. The van der Waals surface area contributed by atoms with Gasteiger partial charge in [0, 0.05) is 23.9 Å². The van der Waals surface area contributed by atoms with E-state index in [0.717, 1.165) is 17.8 Å². The summed E-state index contributed by atoms with van der Waals surface area (Å²) in [7, 11) is -4.19. The highest BCUT2D eigenvalue weighted by Crippen LogP contribution is 2.32. The highest BCUT2D eigenvalue weighted by Gasteiger charge is 2.36. The van der Waals surface area contributed by atoms with Gasteiger partial charge in [0.1, 0.15) is 16.7 Å². The number of thioether (sulfide) groups is 1. The third-order valence-electron chi connectivity index (χ3n) is 5.34. The molecule has 1 saturated heterocycles. The number of carbonyl (C=O) groups is 3. The smallest absolute Gasteiger partial charge is 0.326 e. The summed E-state index contributed by atoms with van der Waals surface area (Å²) >= 11 is 6.91. The van der Waals surface area contributed by atoms with Crippen LogP contribution in [0.2, 0.25) is 5.02 Å². The molecule has 13 heteroatoms. The summed E-state index contributed by atoms with van der Waals surface area (Å²) in [5, 5.41) is 16.9. The van der Waals surface area contributed by atoms with Crippen molar-refractivity contribution in [2.45, 2.75) is 37.2 Å². The molecule has 1 fully saturated rings. The Balaban J connectivity index is 1.77. The Morgan fingerprint density at radius 3 is 2.74 bits per heavy atom. The summed E-state index contributed by atoms with van der Waals surface area (Å²) in [5.41, 5.74) is 0.296. The zero-order chi connectivity index (χ0) is 25.0. The maximum Gasteiger partial charge on any atom is 0.326 e. The molecule has 1 amide bonds. The molecule has 1 aromatic heterocycles. The number of rotatable bonds is 9. The number of aliphatic carboxylic acids is 1. The summed E-state index contributed by atoms with van der Waals surface area (Å²) in [5.74, 6) is -1.37. The van der Waals surface area contributed by atoms with Crippen LogP contribution in [0.5, 0.6) is 0 Å². The molecule has 34 heavy (non-hydrogen) atoms. The highest BCUT2D eigenvalue weighted by molar-refractivity contribution is 8.14. The minimum atomic E-state index is -4.19. The Hall–Kier alpha value is -2.54. The molecule has 0 bridgehead atoms. The van der Waals surface area contributed by atoms with E-state index in [0.29, 0.717) is 25.1 Å². The van der Waals surface area contributed by atoms with Crippen LogP contribution < -0.4 is 10.5 Å². The molecule has 184 valence electrons. The highest BCUT2D eigenvalue weighted by atomic mass is 35.5. The van der Waals surface area contributed by atoms with Gasteiger partial charge in [-0.3, -0.25) is 9.59 Å². The molecule has 0 spiro atoms. The first-order valence-electron chi connectivity index (χ1n) is 10.3. The van der Waals surface area contributed by atoms with Gasteiger partial charge in [0.25, 0.3) is 0 Å². The Morgan fingerprint density at radius 1 is 1.38 bits per heavy atom. The van der Waals surface area contributed by atoms with Crippen molar-refractivity contribution in [1.82, 2.24) is 4.90 Å². The number of furan rings is 1. The van der Waals surface area contributed by atoms with Crippen molar-refractivity contribution in [3.8, 4) is 0 Å². The standard InChI is InChI=1S/C21H24ClN3O7S2/c1-12(19(26)25-6-2-5-17(25)20(27)28)11-33-21(29)14-8-18(34(23,30)31)15(22)9-16(14)24-10-13-4-3-7-32-13/h3-4,7-9,12,17,24H,2,5-6,10-11H2,1H3,(H,27,28)(H2,23,30,31)/t12?,17-/m0/s1. The van der Waals surface area contributed by atoms with Gasteiger partial charge in [0.2, 0.25) is 21.0 Å². The number of amides is 1. The molecule has 10 nitrogen and oxygen atoms in total. The number of carboxylic acid groups (broad SMARTS) is 1. The first kappa shape index (κ1) is 26.1. The first-order valence-corrected chi connectivity index (χ1v) is 13.2. The number of benzene rings is 1. The normalized spacial score (nSPS) is 16.9. The van der Waals surface area contributed by atoms with Gasteiger partial charge in [-0.05, 0) is 37.1 Å². The van der Waals surface area contributed by atoms with E-state index in [9.17, 15) is 27.9 Å². The third-order valence-corrected chi connectivity index (χ3v) is 7.86. The van der Waals surface area contributed by atoms with E-state index in [4.69, 9.17) is 21.2 Å². The predicted octanol–water partition coefficient (Wildman–Crippen LogP) is 2.78. The minimum absolute atomic E-state index is 0.0224. The number of carbonyl (C=O) groups excluding carboxylic acids is 2. The second kappa shape index (κ2) is 10.8. The number of carboxylic acids is 1. The van der Waals surface area contributed by atoms with Gasteiger partial charge < -0.3 is 19.7 Å². The van der Waals surface area contributed by atoms with Crippen molar-refractivity contribution in [2.75, 3.05) is 17.6 Å². The number of sulfonamides is 1. The molecule has 1 aliphatic rings. The molecule has 1 aromatic carbocycles. The number of nitrogens with two attached hydrogens (primary N) is 1. The van der Waals surface area contributed by atoms with Crippen LogP contribution in [0.1, 0.15) is 35.9 Å². The van der Waals surface area contributed by atoms with Crippen molar-refractivity contribution in [1.29, 1.82) is 0 Å². The number of hydrogen-bond acceptors (Lipinski definition) is 8. The number of primary sulfonamides is 1. The lowest BCUT2D eigenvalue weighted by Crippen LogP contribution is -2.43. The monoisotopic (exact) mass is 529 g/mol. The summed E-state index contributed by atoms with van der Waals surface area (Å²) in [6.45, 7) is 2.19. The summed E-state index contributed by atoms with van der Waals surface area (Å²) in [4.78, 5) is 38.1. The van der Waals surface area contributed by atoms with Gasteiger partial charge >= 0.3 is 5.97 Å². The van der Waals surface area contributed by atoms with Crippen LogP contribution >= 0.6 is 23.4 Å². The fourth-order valence-corrected chi connectivity index (χ4v) is 5.57. The fourth-order valence-electron chi connectivity index (χ4n) is 3.60. The maximum absolute atomic E-state index is 13.0. The number of nitrogens with zero attached hydrogens (tertiary/aromatic N) is 1. The van der Waals surface area contributed by atoms with E-state index < -0.39 is 38.0 Å². The summed E-state index contributed by atoms with van der Waals surface area (Å²) in [6.07, 6.45) is 2.49. The van der Waals surface area contributed by atoms with E-state index in [1.165, 1.54) is 17.2 Å². The average molecular weight is 530 g/mol. The topological polar surface area (TPSA) is 160 Å². The molecule has 0 radical (unpaired) electrons. The summed E-state index contributed by atoms with van der Waals surface area (Å²) in [6, 6.07) is 4.96. The zero-order valence-electron chi connectivity index (χ0n) is 18.2. The second-order valence-corrected chi connectivity index (χ2v) is 10.8. The molecule has 2 heterocycles. The lowest BCUT2D eigenvalue weighted by molar-refractivity contribution is -0.149. The van der Waals surface area contributed by atoms with E-state index in [1.807, 2.05) is 0 Å². The SMILES string of the molecule is CC(CSC(=O)c1cc(S(N)(=O)=O)c(Cl)cc1NCc1ccco1)C(=O)N1CCC[C@H]1C(=O)O. The van der Waals surface area contributed by atoms with E-state index >= 15 is 0 Å². The minimum Gasteiger partial charge on any atom is -0.480 e. The Labute approximate surface area is 205 Å². The predicted molar refractivity (Wildman–Crippen MR) is 127 cm³/mol. The van der Waals surface area contributed by atoms with Gasteiger partial charge in [0.05, 0.1) is 23.4 Å². The zero-order valence-corrected chi connectivity index (χ0v) is 20.6. The quantitative estimate of drug-likeness (QED) is 0.443. The molecule has 3 rings (SSSR count). The number of hydrogen-bond donors (Lipinski definition) is 3. The largest absolute Gasteiger partial charge is 0.480 e. The van der Waals surface area contributed by atoms with Crippen LogP contribution in [0, 0.1) is 5.92 Å². The number of likely N-dealkylation sites (tertiary alicyclic amines) is 1. The molecule has 0 aliphatic carbocycles. The molecule has 4 N–H and O–H groups in total. The van der Waals surface area contributed by atoms with E-state index in [2.05, 4.69) is 5.32 Å². The fraction of sp³-hybridized carbons (Fsp3) is 0.381. The van der Waals surface area contributed by atoms with E-state index in [1.54, 1.807) is 19.1 Å². The van der Waals surface area contributed by atoms with Crippen LogP contribution in [0.15, 0.2) is 39.8 Å². The second-order valence-electron chi connectivity index (χ2n) is 7.83. The van der Waals surface area contributed by atoms with Gasteiger partial charge in [-0.1, -0.05) is 30.3 Å². The van der Waals surface area contributed by atoms with Crippen molar-refractivity contribution in [3.05, 3.63) is 46.9 Å². The third kappa shape index (κ3) is 6.12. The van der Waals surface area contributed by atoms with E-state index in [-0.39, 0.29) is 34.5 Å². The summed E-state index contributed by atoms with van der Waals surface area (Å²) < 4.78 is 29.1. The van der Waals surface area contributed by atoms with Crippen LogP contribution in [-0.2, 0) is 26.2 Å². The van der Waals surface area contributed by atoms with Crippen molar-refractivity contribution in [2.24, 2.45) is 11.1 Å². The van der Waals surface area contributed by atoms with Gasteiger partial charge in [-0.2, -0.15) is 0 Å². The molecule has 1 aliphatic heterocycles. The average Bonchev–Trinajstić information content (AvgIpc) is 3.46. The van der Waals surface area contributed by atoms with Crippen LogP contribution in [0.25, 0.3) is 0 Å². The van der Waals surface area contributed by atoms with Crippen molar-refractivity contribution >= 4 is 56.1 Å². The Kier molecular flexibility index (Phi) is 8.29. The number of nitrogens with one attached hydrogen (secondary N) is 1.